The first kappa shape index (κ1) is 29.1. The van der Waals surface area contributed by atoms with Crippen LogP contribution in [0.15, 0.2) is 72.1 Å². The molecule has 0 radical (unpaired) electrons. The Morgan fingerprint density at radius 1 is 1.00 bits per heavy atom. The number of imidazole rings is 1. The number of aromatic nitrogens is 5. The quantitative estimate of drug-likeness (QED) is 0.221. The van der Waals surface area contributed by atoms with E-state index in [1.54, 1.807) is 22.9 Å². The molecule has 1 unspecified atom stereocenters. The Hall–Kier alpha value is -4.99. The van der Waals surface area contributed by atoms with Gasteiger partial charge in [0, 0.05) is 38.3 Å². The molecule has 0 saturated heterocycles. The molecule has 3 heterocycles. The van der Waals surface area contributed by atoms with Crippen molar-refractivity contribution in [2.24, 2.45) is 5.10 Å². The number of hydrogen-bond donors (Lipinski definition) is 0. The Morgan fingerprint density at radius 3 is 2.52 bits per heavy atom. The number of benzene rings is 3. The Bertz CT molecular complexity index is 1900. The van der Waals surface area contributed by atoms with Crippen molar-refractivity contribution < 1.29 is 9.53 Å². The molecule has 44 heavy (non-hydrogen) atoms. The van der Waals surface area contributed by atoms with Crippen molar-refractivity contribution in [3.63, 3.8) is 0 Å². The third-order valence-corrected chi connectivity index (χ3v) is 8.39. The van der Waals surface area contributed by atoms with E-state index in [4.69, 9.17) is 24.9 Å². The molecule has 10 heteroatoms. The summed E-state index contributed by atoms with van der Waals surface area (Å²) in [6.07, 6.45) is 2.24. The first-order chi connectivity index (χ1) is 21.1. The van der Waals surface area contributed by atoms with Crippen LogP contribution in [0.25, 0.3) is 11.0 Å². The molecule has 0 saturated carbocycles. The number of ether oxygens (including phenoxy) is 1. The molecule has 1 amide bonds. The van der Waals surface area contributed by atoms with E-state index in [0.717, 1.165) is 45.8 Å². The van der Waals surface area contributed by atoms with Crippen LogP contribution in [0.5, 0.6) is 5.75 Å². The number of aryl methyl sites for hydroxylation is 3. The second-order valence-electron chi connectivity index (χ2n) is 11.4. The Kier molecular flexibility index (Phi) is 7.44. The van der Waals surface area contributed by atoms with Gasteiger partial charge < -0.3 is 9.64 Å². The van der Waals surface area contributed by atoms with E-state index in [2.05, 4.69) is 37.9 Å². The number of rotatable bonds is 9. The second-order valence-corrected chi connectivity index (χ2v) is 11.4. The lowest BCUT2D eigenvalue weighted by atomic mass is 9.98. The fraction of sp³-hybridized carbons (Fsp3) is 0.324. The highest BCUT2D eigenvalue weighted by Gasteiger charge is 2.54. The van der Waals surface area contributed by atoms with E-state index in [0.29, 0.717) is 30.4 Å². The topological polar surface area (TPSA) is 93.7 Å². The molecular weight excluding hydrogens is 552 g/mol. The first-order valence-electron chi connectivity index (χ1n) is 14.9. The zero-order valence-corrected chi connectivity index (χ0v) is 26.4. The van der Waals surface area contributed by atoms with Gasteiger partial charge in [0.05, 0.1) is 29.7 Å². The van der Waals surface area contributed by atoms with Crippen molar-refractivity contribution in [2.75, 3.05) is 30.0 Å². The van der Waals surface area contributed by atoms with Crippen molar-refractivity contribution in [1.82, 2.24) is 24.4 Å². The summed E-state index contributed by atoms with van der Waals surface area (Å²) >= 11 is 0. The number of hydrogen-bond acceptors (Lipinski definition) is 7. The average molecular weight is 591 g/mol. The number of fused-ring (bicyclic) bond motifs is 2. The number of amides is 1. The molecule has 0 aliphatic carbocycles. The third kappa shape index (κ3) is 4.70. The van der Waals surface area contributed by atoms with Crippen LogP contribution < -0.4 is 14.5 Å². The van der Waals surface area contributed by atoms with Crippen molar-refractivity contribution in [2.45, 2.75) is 53.6 Å². The van der Waals surface area contributed by atoms with E-state index in [-0.39, 0.29) is 5.91 Å². The van der Waals surface area contributed by atoms with E-state index < -0.39 is 5.66 Å². The number of carbonyl (C=O) groups excluding carboxylic acids is 1. The second kappa shape index (κ2) is 11.3. The number of anilines is 2. The minimum Gasteiger partial charge on any atom is -0.493 e. The highest BCUT2D eigenvalue weighted by Crippen LogP contribution is 2.42. The molecule has 0 spiro atoms. The van der Waals surface area contributed by atoms with Crippen molar-refractivity contribution in [3.8, 4) is 5.75 Å². The molecule has 2 aromatic heterocycles. The maximum atomic E-state index is 13.9. The number of nitrogens with zero attached hydrogens (tertiary/aromatic N) is 8. The average Bonchev–Trinajstić information content (AvgIpc) is 3.67. The molecule has 1 atom stereocenters. The van der Waals surface area contributed by atoms with E-state index in [1.807, 2.05) is 73.9 Å². The van der Waals surface area contributed by atoms with Crippen molar-refractivity contribution in [1.29, 1.82) is 0 Å². The maximum absolute atomic E-state index is 13.9. The first-order valence-corrected chi connectivity index (χ1v) is 14.9. The van der Waals surface area contributed by atoms with Gasteiger partial charge in [-0.2, -0.15) is 5.10 Å². The van der Waals surface area contributed by atoms with Gasteiger partial charge in [-0.05, 0) is 82.1 Å². The minimum absolute atomic E-state index is 0.159. The third-order valence-electron chi connectivity index (χ3n) is 8.39. The summed E-state index contributed by atoms with van der Waals surface area (Å²) < 4.78 is 8.10. The van der Waals surface area contributed by atoms with Gasteiger partial charge in [-0.1, -0.05) is 29.8 Å². The molecule has 10 nitrogen and oxygen atoms in total. The minimum atomic E-state index is -1.25. The van der Waals surface area contributed by atoms with Gasteiger partial charge in [0.25, 0.3) is 0 Å². The summed E-state index contributed by atoms with van der Waals surface area (Å²) in [6.45, 7) is 13.0. The SMILES string of the molecule is CCN(C)c1ccc(N(C(C)=O)C2(n3cnc4ccccc43)C(C)=Nn3nc(CCOc4ccc(C)cc4C)nc32)c(C)c1. The van der Waals surface area contributed by atoms with Crippen molar-refractivity contribution in [3.05, 3.63) is 95.3 Å². The zero-order valence-electron chi connectivity index (χ0n) is 26.4. The molecule has 226 valence electrons. The monoisotopic (exact) mass is 590 g/mol. The van der Waals surface area contributed by atoms with Gasteiger partial charge in [-0.25, -0.2) is 9.97 Å². The highest BCUT2D eigenvalue weighted by molar-refractivity contribution is 6.07. The van der Waals surface area contributed by atoms with Gasteiger partial charge in [-0.15, -0.1) is 9.89 Å². The molecule has 3 aromatic carbocycles. The largest absolute Gasteiger partial charge is 0.493 e. The molecule has 0 fully saturated rings. The van der Waals surface area contributed by atoms with Crippen molar-refractivity contribution >= 4 is 34.0 Å². The van der Waals surface area contributed by atoms with Crippen LogP contribution in [0.1, 0.15) is 49.1 Å². The van der Waals surface area contributed by atoms with Gasteiger partial charge >= 0.3 is 0 Å². The molecule has 0 N–H and O–H groups in total. The summed E-state index contributed by atoms with van der Waals surface area (Å²) in [6, 6.07) is 20.2. The smallest absolute Gasteiger partial charge is 0.229 e. The maximum Gasteiger partial charge on any atom is 0.229 e. The summed E-state index contributed by atoms with van der Waals surface area (Å²) in [7, 11) is 2.05. The molecule has 5 aromatic rings. The van der Waals surface area contributed by atoms with Crippen LogP contribution in [0.4, 0.5) is 11.4 Å². The normalized spacial score (nSPS) is 15.8. The van der Waals surface area contributed by atoms with Crippen LogP contribution in [0, 0.1) is 20.8 Å². The van der Waals surface area contributed by atoms with Crippen LogP contribution in [-0.4, -0.2) is 56.2 Å². The van der Waals surface area contributed by atoms with Gasteiger partial charge in [0.1, 0.15) is 5.75 Å². The van der Waals surface area contributed by atoms with Crippen LogP contribution in [0.3, 0.4) is 0 Å². The summed E-state index contributed by atoms with van der Waals surface area (Å²) in [5.41, 5.74) is 6.12. The lowest BCUT2D eigenvalue weighted by molar-refractivity contribution is -0.117. The lowest BCUT2D eigenvalue weighted by Gasteiger charge is -2.41. The lowest BCUT2D eigenvalue weighted by Crippen LogP contribution is -2.58. The fourth-order valence-electron chi connectivity index (χ4n) is 6.08. The van der Waals surface area contributed by atoms with Crippen LogP contribution >= 0.6 is 0 Å². The highest BCUT2D eigenvalue weighted by atomic mass is 16.5. The molecule has 6 rings (SSSR count). The molecule has 0 bridgehead atoms. The fourth-order valence-corrected chi connectivity index (χ4v) is 6.08. The Balaban J connectivity index is 1.48. The van der Waals surface area contributed by atoms with Crippen LogP contribution in [0.2, 0.25) is 0 Å². The number of carbonyl (C=O) groups is 1. The molecule has 1 aliphatic rings. The summed E-state index contributed by atoms with van der Waals surface area (Å²) in [4.78, 5) is 29.2. The Morgan fingerprint density at radius 2 is 1.80 bits per heavy atom. The number of para-hydroxylation sites is 2. The van der Waals surface area contributed by atoms with E-state index in [9.17, 15) is 4.79 Å². The van der Waals surface area contributed by atoms with E-state index in [1.165, 1.54) is 5.56 Å². The molecular formula is C34H38N8O2. The van der Waals surface area contributed by atoms with Gasteiger partial charge in [0.15, 0.2) is 5.82 Å². The molecule has 1 aliphatic heterocycles. The van der Waals surface area contributed by atoms with Gasteiger partial charge in [-0.3, -0.25) is 14.3 Å². The Labute approximate surface area is 257 Å². The predicted molar refractivity (Wildman–Crippen MR) is 174 cm³/mol. The zero-order chi connectivity index (χ0) is 31.2. The van der Waals surface area contributed by atoms with Crippen LogP contribution in [-0.2, 0) is 16.9 Å². The van der Waals surface area contributed by atoms with E-state index >= 15 is 0 Å². The predicted octanol–water partition coefficient (Wildman–Crippen LogP) is 5.62. The summed E-state index contributed by atoms with van der Waals surface area (Å²) in [5, 5.41) is 9.62. The summed E-state index contributed by atoms with van der Waals surface area (Å²) in [5.74, 6) is 1.78. The van der Waals surface area contributed by atoms with Gasteiger partial charge in [0.2, 0.25) is 17.4 Å². The standard InChI is InChI=1S/C34H38N8O2/c1-8-39(7)27-14-15-29(23(3)20-27)41(26(6)43)34(40-21-35-28-11-9-10-12-30(28)40)25(5)37-42-33(34)36-32(38-42)17-18-44-31-16-13-22(2)19-24(31)4/h9-16,19-21H,8,17-18H2,1-7H3.